The minimum atomic E-state index is -5.62. The molecule has 0 bridgehead atoms. The fourth-order valence-electron chi connectivity index (χ4n) is 3.13. The Hall–Kier alpha value is 0.830. The number of anilines is 2. The van der Waals surface area contributed by atoms with E-state index >= 15 is 0 Å². The summed E-state index contributed by atoms with van der Waals surface area (Å²) in [6.07, 6.45) is 0. The molecule has 3 rings (SSSR count). The Labute approximate surface area is 317 Å². The van der Waals surface area contributed by atoms with Crippen LogP contribution in [0.15, 0.2) is 62.0 Å². The standard InChI is InChI=1S/C17H14N2O13S4.4Na/c18-9-1-2-12(14(5-9)35(27,28)29)17(20)19-13-6-10(33(21,22)23)3-8-4-11(34(24,25)26)7-15(16(8)13)36(30,31)32;;;;/h1-7H,18H2,(H,19,20)(H,21,22,23)(H,24,25,26)(H,27,28,29)(H,30,31,32);;;;/q;4*+1/p-4. The van der Waals surface area contributed by atoms with Crippen LogP contribution in [0, 0.1) is 0 Å². The van der Waals surface area contributed by atoms with Gasteiger partial charge in [-0.1, -0.05) is 0 Å². The van der Waals surface area contributed by atoms with Crippen molar-refractivity contribution in [3.63, 3.8) is 0 Å². The van der Waals surface area contributed by atoms with Gasteiger partial charge < -0.3 is 29.3 Å². The summed E-state index contributed by atoms with van der Waals surface area (Å²) in [6.45, 7) is 0. The van der Waals surface area contributed by atoms with Crippen LogP contribution in [0.4, 0.5) is 11.4 Å². The Balaban J connectivity index is 0. The van der Waals surface area contributed by atoms with Crippen molar-refractivity contribution in [1.29, 1.82) is 0 Å². The second-order valence-corrected chi connectivity index (χ2v) is 12.5. The van der Waals surface area contributed by atoms with Crippen molar-refractivity contribution in [2.24, 2.45) is 0 Å². The van der Waals surface area contributed by atoms with Crippen molar-refractivity contribution in [2.45, 2.75) is 19.6 Å². The number of carbonyl (C=O) groups is 1. The van der Waals surface area contributed by atoms with Crippen LogP contribution in [-0.4, -0.2) is 57.8 Å². The predicted octanol–water partition coefficient (Wildman–Crippen LogP) is -12.7. The van der Waals surface area contributed by atoms with E-state index in [4.69, 9.17) is 5.73 Å². The zero-order chi connectivity index (χ0) is 27.4. The number of benzene rings is 3. The van der Waals surface area contributed by atoms with Crippen LogP contribution in [0.1, 0.15) is 10.4 Å². The number of nitrogen functional groups attached to an aromatic ring is 1. The molecule has 0 heterocycles. The molecule has 0 aliphatic carbocycles. The maximum Gasteiger partial charge on any atom is 1.00 e. The molecule has 194 valence electrons. The fourth-order valence-corrected chi connectivity index (χ4v) is 5.73. The molecule has 0 saturated carbocycles. The van der Waals surface area contributed by atoms with E-state index in [9.17, 15) is 56.7 Å². The first-order chi connectivity index (χ1) is 16.2. The zero-order valence-corrected chi connectivity index (χ0v) is 32.3. The number of amides is 1. The maximum atomic E-state index is 12.8. The minimum absolute atomic E-state index is 0. The first kappa shape index (κ1) is 43.0. The van der Waals surface area contributed by atoms with Crippen LogP contribution in [0.2, 0.25) is 0 Å². The summed E-state index contributed by atoms with van der Waals surface area (Å²) < 4.78 is 139. The van der Waals surface area contributed by atoms with Crippen molar-refractivity contribution < 1.29 is 175 Å². The number of nitrogens with two attached hydrogens (primary N) is 1. The van der Waals surface area contributed by atoms with E-state index in [-0.39, 0.29) is 130 Å². The molecule has 0 aromatic heterocycles. The summed E-state index contributed by atoms with van der Waals surface area (Å²) in [6, 6.07) is 3.90. The van der Waals surface area contributed by atoms with Gasteiger partial charge in [0.05, 0.1) is 30.8 Å². The Bertz CT molecular complexity index is 1890. The molecule has 0 aliphatic heterocycles. The van der Waals surface area contributed by atoms with E-state index in [1.54, 1.807) is 0 Å². The van der Waals surface area contributed by atoms with Crippen LogP contribution in [-0.2, 0) is 40.5 Å². The minimum Gasteiger partial charge on any atom is -0.744 e. The number of nitrogens with one attached hydrogen (secondary N) is 1. The number of hydrogen-bond donors (Lipinski definition) is 2. The van der Waals surface area contributed by atoms with Crippen molar-refractivity contribution in [2.75, 3.05) is 11.1 Å². The van der Waals surface area contributed by atoms with Crippen LogP contribution in [0.3, 0.4) is 0 Å². The van der Waals surface area contributed by atoms with Gasteiger partial charge in [-0.25, -0.2) is 33.7 Å². The second kappa shape index (κ2) is 15.2. The molecule has 0 radical (unpaired) electrons. The number of fused-ring (bicyclic) bond motifs is 1. The van der Waals surface area contributed by atoms with Gasteiger partial charge in [0, 0.05) is 11.1 Å². The quantitative estimate of drug-likeness (QED) is 0.140. The molecular formula is C17H10N2Na4O13S4. The molecule has 0 aliphatic rings. The third-order valence-corrected chi connectivity index (χ3v) is 7.94. The molecule has 40 heavy (non-hydrogen) atoms. The molecular weight excluding hydrogens is 660 g/mol. The van der Waals surface area contributed by atoms with Crippen LogP contribution in [0.5, 0.6) is 0 Å². The van der Waals surface area contributed by atoms with Gasteiger partial charge in [0.1, 0.15) is 40.5 Å². The van der Waals surface area contributed by atoms with E-state index in [0.29, 0.717) is 24.3 Å². The zero-order valence-electron chi connectivity index (χ0n) is 21.1. The summed E-state index contributed by atoms with van der Waals surface area (Å²) >= 11 is 0. The first-order valence-electron chi connectivity index (χ1n) is 8.86. The van der Waals surface area contributed by atoms with Gasteiger partial charge in [-0.3, -0.25) is 4.79 Å². The monoisotopic (exact) mass is 670 g/mol. The molecule has 0 atom stereocenters. The van der Waals surface area contributed by atoms with E-state index < -0.39 is 88.0 Å². The molecule has 3 aromatic carbocycles. The number of rotatable bonds is 6. The smallest absolute Gasteiger partial charge is 0.744 e. The average molecular weight is 670 g/mol. The van der Waals surface area contributed by atoms with Crippen LogP contribution < -0.4 is 129 Å². The fraction of sp³-hybridized carbons (Fsp3) is 0. The van der Waals surface area contributed by atoms with Gasteiger partial charge in [-0.05, 0) is 47.9 Å². The van der Waals surface area contributed by atoms with E-state index in [0.717, 1.165) is 12.1 Å². The Kier molecular flexibility index (Phi) is 16.3. The predicted molar refractivity (Wildman–Crippen MR) is 115 cm³/mol. The third-order valence-electron chi connectivity index (χ3n) is 4.57. The molecule has 15 nitrogen and oxygen atoms in total. The summed E-state index contributed by atoms with van der Waals surface area (Å²) in [4.78, 5) is 7.88. The first-order valence-corrected chi connectivity index (χ1v) is 14.5. The molecule has 3 N–H and O–H groups in total. The van der Waals surface area contributed by atoms with Crippen molar-refractivity contribution in [3.05, 3.63) is 48.0 Å². The molecule has 3 aromatic rings. The van der Waals surface area contributed by atoms with Gasteiger partial charge >= 0.3 is 118 Å². The Morgan fingerprint density at radius 3 is 1.50 bits per heavy atom. The van der Waals surface area contributed by atoms with Gasteiger partial charge in [-0.2, -0.15) is 0 Å². The van der Waals surface area contributed by atoms with Gasteiger partial charge in [0.15, 0.2) is 0 Å². The molecule has 0 unspecified atom stereocenters. The number of hydrogen-bond acceptors (Lipinski definition) is 14. The molecule has 23 heteroatoms. The van der Waals surface area contributed by atoms with Crippen molar-refractivity contribution >= 4 is 68.5 Å². The largest absolute Gasteiger partial charge is 1.00 e. The number of carbonyl (C=O) groups excluding carboxylic acids is 1. The summed E-state index contributed by atoms with van der Waals surface area (Å²) in [5.74, 6) is -1.46. The third kappa shape index (κ3) is 10.2. The van der Waals surface area contributed by atoms with E-state index in [1.807, 2.05) is 5.32 Å². The Morgan fingerprint density at radius 2 is 1.07 bits per heavy atom. The molecule has 0 fully saturated rings. The summed E-state index contributed by atoms with van der Waals surface area (Å²) in [7, 11) is -21.7. The van der Waals surface area contributed by atoms with Gasteiger partial charge in [0.2, 0.25) is 0 Å². The Morgan fingerprint density at radius 1 is 0.625 bits per heavy atom. The topological polar surface area (TPSA) is 284 Å². The van der Waals surface area contributed by atoms with Crippen molar-refractivity contribution in [3.8, 4) is 0 Å². The summed E-state index contributed by atoms with van der Waals surface area (Å²) in [5, 5.41) is 0.332. The van der Waals surface area contributed by atoms with Crippen LogP contribution >= 0.6 is 0 Å². The average Bonchev–Trinajstić information content (AvgIpc) is 2.69. The molecule has 0 spiro atoms. The molecule has 1 amide bonds. The van der Waals surface area contributed by atoms with Gasteiger partial charge in [0.25, 0.3) is 5.91 Å². The van der Waals surface area contributed by atoms with E-state index in [2.05, 4.69) is 0 Å². The molecule has 0 saturated heterocycles. The van der Waals surface area contributed by atoms with Gasteiger partial charge in [-0.15, -0.1) is 0 Å². The second-order valence-electron chi connectivity index (χ2n) is 7.02. The van der Waals surface area contributed by atoms with E-state index in [1.165, 1.54) is 0 Å². The summed E-state index contributed by atoms with van der Waals surface area (Å²) in [5.41, 5.74) is 3.46. The normalized spacial score (nSPS) is 11.7. The maximum absolute atomic E-state index is 12.8. The van der Waals surface area contributed by atoms with Crippen molar-refractivity contribution in [1.82, 2.24) is 0 Å². The SMILES string of the molecule is Nc1ccc(C(=O)Nc2cc(S(=O)(=O)[O-])cc3cc(S(=O)(=O)[O-])cc(S(=O)(=O)[O-])c23)c(S(=O)(=O)[O-])c1.[Na+].[Na+].[Na+].[Na+]. The van der Waals surface area contributed by atoms with Crippen LogP contribution in [0.25, 0.3) is 10.8 Å².